The number of amides is 2. The number of benzene rings is 1. The van der Waals surface area contributed by atoms with Crippen molar-refractivity contribution in [3.8, 4) is 0 Å². The van der Waals surface area contributed by atoms with Gasteiger partial charge in [-0.3, -0.25) is 9.59 Å². The molecule has 1 saturated heterocycles. The van der Waals surface area contributed by atoms with E-state index in [0.29, 0.717) is 31.6 Å². The molecule has 2 amide bonds. The van der Waals surface area contributed by atoms with Crippen molar-refractivity contribution < 1.29 is 9.59 Å². The lowest BCUT2D eigenvalue weighted by atomic mass is 10.2. The molecule has 1 aliphatic rings. The van der Waals surface area contributed by atoms with Crippen LogP contribution in [0.1, 0.15) is 30.1 Å². The van der Waals surface area contributed by atoms with Crippen LogP contribution >= 0.6 is 15.9 Å². The van der Waals surface area contributed by atoms with Gasteiger partial charge in [-0.15, -0.1) is 0 Å². The average Bonchev–Trinajstić information content (AvgIpc) is 2.71. The molecule has 1 aromatic rings. The molecule has 0 saturated carbocycles. The van der Waals surface area contributed by atoms with Gasteiger partial charge >= 0.3 is 0 Å². The summed E-state index contributed by atoms with van der Waals surface area (Å²) in [5, 5.41) is 0. The normalized spacial score (nSPS) is 15.9. The number of rotatable bonds is 2. The zero-order chi connectivity index (χ0) is 14.5. The first-order valence-electron chi connectivity index (χ1n) is 6.94. The summed E-state index contributed by atoms with van der Waals surface area (Å²) >= 11 is 3.38. The monoisotopic (exact) mass is 338 g/mol. The summed E-state index contributed by atoms with van der Waals surface area (Å²) in [5.41, 5.74) is 0.689. The molecule has 2 rings (SSSR count). The highest BCUT2D eigenvalue weighted by molar-refractivity contribution is 9.10. The van der Waals surface area contributed by atoms with Crippen molar-refractivity contribution in [3.05, 3.63) is 34.3 Å². The smallest absolute Gasteiger partial charge is 0.253 e. The second-order valence-electron chi connectivity index (χ2n) is 4.89. The summed E-state index contributed by atoms with van der Waals surface area (Å²) in [5.74, 6) is 0.207. The van der Waals surface area contributed by atoms with Gasteiger partial charge in [0.25, 0.3) is 5.91 Å². The number of nitrogens with zero attached hydrogens (tertiary/aromatic N) is 2. The molecule has 20 heavy (non-hydrogen) atoms. The van der Waals surface area contributed by atoms with Crippen molar-refractivity contribution >= 4 is 27.7 Å². The Morgan fingerprint density at radius 1 is 1.15 bits per heavy atom. The molecule has 0 atom stereocenters. The van der Waals surface area contributed by atoms with Crippen LogP contribution in [0.2, 0.25) is 0 Å². The van der Waals surface area contributed by atoms with E-state index in [1.54, 1.807) is 0 Å². The van der Waals surface area contributed by atoms with Gasteiger partial charge in [0.1, 0.15) is 0 Å². The number of hydrogen-bond acceptors (Lipinski definition) is 2. The number of carbonyl (C=O) groups excluding carboxylic acids is 2. The minimum Gasteiger partial charge on any atom is -0.341 e. The van der Waals surface area contributed by atoms with E-state index in [9.17, 15) is 9.59 Å². The average molecular weight is 339 g/mol. The summed E-state index contributed by atoms with van der Waals surface area (Å²) in [6, 6.07) is 7.43. The van der Waals surface area contributed by atoms with Crippen molar-refractivity contribution in [2.24, 2.45) is 0 Å². The largest absolute Gasteiger partial charge is 0.341 e. The first kappa shape index (κ1) is 15.0. The Kier molecular flexibility index (Phi) is 5.17. The van der Waals surface area contributed by atoms with Crippen molar-refractivity contribution in [1.29, 1.82) is 0 Å². The van der Waals surface area contributed by atoms with Gasteiger partial charge in [0.2, 0.25) is 5.91 Å². The Balaban J connectivity index is 2.03. The van der Waals surface area contributed by atoms with E-state index in [4.69, 9.17) is 0 Å². The molecule has 0 aliphatic carbocycles. The first-order chi connectivity index (χ1) is 9.61. The maximum absolute atomic E-state index is 12.5. The van der Waals surface area contributed by atoms with E-state index >= 15 is 0 Å². The number of halogens is 1. The molecule has 5 heteroatoms. The molecule has 0 bridgehead atoms. The molecular weight excluding hydrogens is 320 g/mol. The quantitative estimate of drug-likeness (QED) is 0.831. The molecule has 0 N–H and O–H groups in total. The Hall–Kier alpha value is -1.36. The third-order valence-electron chi connectivity index (χ3n) is 3.51. The van der Waals surface area contributed by atoms with E-state index in [-0.39, 0.29) is 11.8 Å². The molecule has 0 spiro atoms. The highest BCUT2D eigenvalue weighted by atomic mass is 79.9. The van der Waals surface area contributed by atoms with E-state index < -0.39 is 0 Å². The lowest BCUT2D eigenvalue weighted by Crippen LogP contribution is -2.37. The van der Waals surface area contributed by atoms with Crippen LogP contribution in [-0.2, 0) is 4.79 Å². The lowest BCUT2D eigenvalue weighted by molar-refractivity contribution is -0.130. The molecular formula is C15H19BrN2O2. The van der Waals surface area contributed by atoms with Crippen molar-refractivity contribution in [2.45, 2.75) is 19.8 Å². The molecule has 0 unspecified atom stereocenters. The molecule has 0 radical (unpaired) electrons. The minimum atomic E-state index is 0.0390. The van der Waals surface area contributed by atoms with Crippen LogP contribution in [0.25, 0.3) is 0 Å². The standard InChI is InChI=1S/C15H19BrN2O2/c1-2-14(19)17-7-4-8-18(10-9-17)15(20)12-5-3-6-13(16)11-12/h3,5-6,11H,2,4,7-10H2,1H3. The van der Waals surface area contributed by atoms with Gasteiger partial charge in [-0.1, -0.05) is 28.9 Å². The van der Waals surface area contributed by atoms with Crippen molar-refractivity contribution in [1.82, 2.24) is 9.80 Å². The predicted molar refractivity (Wildman–Crippen MR) is 81.5 cm³/mol. The fourth-order valence-electron chi connectivity index (χ4n) is 2.40. The Bertz CT molecular complexity index is 504. The summed E-state index contributed by atoms with van der Waals surface area (Å²) in [6.45, 7) is 4.56. The topological polar surface area (TPSA) is 40.6 Å². The van der Waals surface area contributed by atoms with Crippen molar-refractivity contribution in [2.75, 3.05) is 26.2 Å². The summed E-state index contributed by atoms with van der Waals surface area (Å²) in [6.07, 6.45) is 1.37. The lowest BCUT2D eigenvalue weighted by Gasteiger charge is -2.22. The second kappa shape index (κ2) is 6.88. The highest BCUT2D eigenvalue weighted by Crippen LogP contribution is 2.15. The maximum atomic E-state index is 12.5. The zero-order valence-corrected chi connectivity index (χ0v) is 13.2. The third-order valence-corrected chi connectivity index (χ3v) is 4.00. The molecule has 1 aromatic carbocycles. The molecule has 1 aliphatic heterocycles. The van der Waals surface area contributed by atoms with Crippen LogP contribution in [0, 0.1) is 0 Å². The number of hydrogen-bond donors (Lipinski definition) is 0. The van der Waals surface area contributed by atoms with E-state index in [1.807, 2.05) is 41.0 Å². The minimum absolute atomic E-state index is 0.0390. The second-order valence-corrected chi connectivity index (χ2v) is 5.81. The number of carbonyl (C=O) groups is 2. The maximum Gasteiger partial charge on any atom is 0.253 e. The SMILES string of the molecule is CCC(=O)N1CCCN(C(=O)c2cccc(Br)c2)CC1. The van der Waals surface area contributed by atoms with Crippen molar-refractivity contribution in [3.63, 3.8) is 0 Å². The van der Waals surface area contributed by atoms with Gasteiger partial charge in [0.05, 0.1) is 0 Å². The predicted octanol–water partition coefficient (Wildman–Crippen LogP) is 2.53. The molecule has 1 fully saturated rings. The van der Waals surface area contributed by atoms with Crippen LogP contribution < -0.4 is 0 Å². The van der Waals surface area contributed by atoms with Gasteiger partial charge in [0, 0.05) is 42.6 Å². The molecule has 4 nitrogen and oxygen atoms in total. The van der Waals surface area contributed by atoms with E-state index in [2.05, 4.69) is 15.9 Å². The van der Waals surface area contributed by atoms with Gasteiger partial charge in [0.15, 0.2) is 0 Å². The van der Waals surface area contributed by atoms with Crippen LogP contribution in [0.15, 0.2) is 28.7 Å². The van der Waals surface area contributed by atoms with Crippen LogP contribution in [-0.4, -0.2) is 47.8 Å². The van der Waals surface area contributed by atoms with Gasteiger partial charge in [-0.2, -0.15) is 0 Å². The van der Waals surface area contributed by atoms with Gasteiger partial charge in [-0.25, -0.2) is 0 Å². The van der Waals surface area contributed by atoms with Crippen LogP contribution in [0.4, 0.5) is 0 Å². The third kappa shape index (κ3) is 3.60. The van der Waals surface area contributed by atoms with Crippen LogP contribution in [0.5, 0.6) is 0 Å². The van der Waals surface area contributed by atoms with E-state index in [1.165, 1.54) is 0 Å². The molecule has 108 valence electrons. The first-order valence-corrected chi connectivity index (χ1v) is 7.73. The van der Waals surface area contributed by atoms with Crippen LogP contribution in [0.3, 0.4) is 0 Å². The highest BCUT2D eigenvalue weighted by Gasteiger charge is 2.22. The summed E-state index contributed by atoms with van der Waals surface area (Å²) in [7, 11) is 0. The molecule has 1 heterocycles. The fourth-order valence-corrected chi connectivity index (χ4v) is 2.80. The Morgan fingerprint density at radius 2 is 1.85 bits per heavy atom. The van der Waals surface area contributed by atoms with Gasteiger partial charge < -0.3 is 9.80 Å². The Morgan fingerprint density at radius 3 is 2.55 bits per heavy atom. The summed E-state index contributed by atoms with van der Waals surface area (Å²) < 4.78 is 0.904. The fraction of sp³-hybridized carbons (Fsp3) is 0.467. The Labute approximate surface area is 127 Å². The van der Waals surface area contributed by atoms with Gasteiger partial charge in [-0.05, 0) is 24.6 Å². The molecule has 0 aromatic heterocycles. The zero-order valence-electron chi connectivity index (χ0n) is 11.6. The van der Waals surface area contributed by atoms with E-state index in [0.717, 1.165) is 17.4 Å². The summed E-state index contributed by atoms with van der Waals surface area (Å²) in [4.78, 5) is 27.9.